The third kappa shape index (κ3) is 5.26. The molecule has 1 aliphatic rings. The lowest BCUT2D eigenvalue weighted by Crippen LogP contribution is -2.33. The summed E-state index contributed by atoms with van der Waals surface area (Å²) in [6.07, 6.45) is 5.68. The van der Waals surface area contributed by atoms with Crippen molar-refractivity contribution in [1.29, 1.82) is 0 Å². The standard InChI is InChI=1S/C23H27N9O5S2/c1-12-8-24-18(25-9-12)17(35-3)13(2)39(33,34)31-23-30-29-19(22-28-15(10-38-22)14-6-7-14)32(23)16-20(36-4)26-11-27-21(16)37-5/h8-11,13-14,17H,6-7H2,1-5H3,(H,30,31). The van der Waals surface area contributed by atoms with E-state index in [9.17, 15) is 8.42 Å². The first-order chi connectivity index (χ1) is 18.8. The number of thiazole rings is 1. The maximum atomic E-state index is 13.6. The number of nitrogens with one attached hydrogen (secondary N) is 1. The van der Waals surface area contributed by atoms with Gasteiger partial charge in [0.2, 0.25) is 27.7 Å². The van der Waals surface area contributed by atoms with Gasteiger partial charge in [-0.3, -0.25) is 4.72 Å². The second-order valence-corrected chi connectivity index (χ2v) is 11.8. The van der Waals surface area contributed by atoms with E-state index in [0.29, 0.717) is 10.9 Å². The van der Waals surface area contributed by atoms with Gasteiger partial charge in [0.1, 0.15) is 17.7 Å². The predicted octanol–water partition coefficient (Wildman–Crippen LogP) is 2.69. The van der Waals surface area contributed by atoms with Gasteiger partial charge >= 0.3 is 0 Å². The smallest absolute Gasteiger partial charge is 0.245 e. The Balaban J connectivity index is 1.59. The van der Waals surface area contributed by atoms with Crippen LogP contribution in [0.4, 0.5) is 5.95 Å². The Labute approximate surface area is 228 Å². The summed E-state index contributed by atoms with van der Waals surface area (Å²) in [5.74, 6) is 1.04. The SMILES string of the molecule is COc1ncnc(OC)c1-n1c(NS(=O)(=O)C(C)C(OC)c2ncc(C)cn2)nnc1-c1nc(C2CC2)cs1. The van der Waals surface area contributed by atoms with Crippen LogP contribution in [0.5, 0.6) is 11.8 Å². The number of nitrogens with zero attached hydrogens (tertiary/aromatic N) is 8. The van der Waals surface area contributed by atoms with Gasteiger partial charge in [-0.2, -0.15) is 9.97 Å². The Hall–Kier alpha value is -3.76. The molecule has 0 aromatic carbocycles. The summed E-state index contributed by atoms with van der Waals surface area (Å²) in [7, 11) is 0.125. The van der Waals surface area contributed by atoms with E-state index in [1.54, 1.807) is 12.4 Å². The Kier molecular flexibility index (Phi) is 7.42. The van der Waals surface area contributed by atoms with Crippen LogP contribution in [0.2, 0.25) is 0 Å². The molecule has 0 radical (unpaired) electrons. The normalized spacial score (nSPS) is 15.1. The van der Waals surface area contributed by atoms with Gasteiger partial charge in [-0.05, 0) is 32.3 Å². The fourth-order valence-corrected chi connectivity index (χ4v) is 5.94. The third-order valence-corrected chi connectivity index (χ3v) is 8.75. The van der Waals surface area contributed by atoms with Gasteiger partial charge in [0.05, 0.1) is 19.9 Å². The maximum absolute atomic E-state index is 13.6. The predicted molar refractivity (Wildman–Crippen MR) is 142 cm³/mol. The molecule has 0 saturated heterocycles. The molecule has 1 N–H and O–H groups in total. The molecule has 2 atom stereocenters. The lowest BCUT2D eigenvalue weighted by atomic mass is 10.2. The summed E-state index contributed by atoms with van der Waals surface area (Å²) in [6.45, 7) is 3.33. The molecule has 4 aromatic heterocycles. The van der Waals surface area contributed by atoms with Gasteiger partial charge in [0.25, 0.3) is 0 Å². The van der Waals surface area contributed by atoms with Crippen LogP contribution < -0.4 is 14.2 Å². The van der Waals surface area contributed by atoms with Crippen LogP contribution in [0.1, 0.15) is 48.9 Å². The second-order valence-electron chi connectivity index (χ2n) is 8.90. The van der Waals surface area contributed by atoms with Crippen molar-refractivity contribution in [2.45, 2.75) is 44.0 Å². The lowest BCUT2D eigenvalue weighted by Gasteiger charge is -2.22. The zero-order valence-corrected chi connectivity index (χ0v) is 23.5. The number of rotatable bonds is 11. The van der Waals surface area contributed by atoms with Gasteiger partial charge in [0.15, 0.2) is 22.3 Å². The van der Waals surface area contributed by atoms with Crippen molar-refractivity contribution in [3.63, 3.8) is 0 Å². The summed E-state index contributed by atoms with van der Waals surface area (Å²) >= 11 is 1.38. The molecule has 1 saturated carbocycles. The Morgan fingerprint density at radius 3 is 2.31 bits per heavy atom. The molecule has 0 amide bonds. The summed E-state index contributed by atoms with van der Waals surface area (Å²) in [4.78, 5) is 21.6. The van der Waals surface area contributed by atoms with Crippen molar-refractivity contribution in [1.82, 2.24) is 39.7 Å². The number of aromatic nitrogens is 8. The molecule has 5 rings (SSSR count). The first kappa shape index (κ1) is 26.8. The largest absolute Gasteiger partial charge is 0.479 e. The van der Waals surface area contributed by atoms with Crippen LogP contribution in [-0.4, -0.2) is 74.7 Å². The fraction of sp³-hybridized carbons (Fsp3) is 0.435. The number of anilines is 1. The van der Waals surface area contributed by atoms with Crippen LogP contribution in [0.25, 0.3) is 16.5 Å². The van der Waals surface area contributed by atoms with E-state index in [1.165, 1.54) is 50.5 Å². The van der Waals surface area contributed by atoms with Gasteiger partial charge < -0.3 is 14.2 Å². The number of sulfonamides is 1. The molecular weight excluding hydrogens is 546 g/mol. The van der Waals surface area contributed by atoms with Crippen LogP contribution >= 0.6 is 11.3 Å². The first-order valence-corrected chi connectivity index (χ1v) is 14.4. The topological polar surface area (TPSA) is 169 Å². The van der Waals surface area contributed by atoms with E-state index >= 15 is 0 Å². The minimum Gasteiger partial charge on any atom is -0.479 e. The number of hydrogen-bond donors (Lipinski definition) is 1. The summed E-state index contributed by atoms with van der Waals surface area (Å²) in [5, 5.41) is 9.87. The Bertz CT molecular complexity index is 1550. The molecule has 4 heterocycles. The second kappa shape index (κ2) is 10.8. The Morgan fingerprint density at radius 1 is 1.05 bits per heavy atom. The molecule has 16 heteroatoms. The maximum Gasteiger partial charge on any atom is 0.245 e. The zero-order valence-electron chi connectivity index (χ0n) is 21.9. The summed E-state index contributed by atoms with van der Waals surface area (Å²) < 4.78 is 47.7. The van der Waals surface area contributed by atoms with Crippen molar-refractivity contribution in [3.8, 4) is 28.3 Å². The van der Waals surface area contributed by atoms with Crippen LogP contribution in [0, 0.1) is 6.92 Å². The molecule has 39 heavy (non-hydrogen) atoms. The van der Waals surface area contributed by atoms with Crippen LogP contribution in [0.3, 0.4) is 0 Å². The molecule has 2 unspecified atom stereocenters. The van der Waals surface area contributed by atoms with Crippen molar-refractivity contribution < 1.29 is 22.6 Å². The molecule has 1 fully saturated rings. The molecule has 4 aromatic rings. The molecule has 0 bridgehead atoms. The van der Waals surface area contributed by atoms with E-state index in [2.05, 4.69) is 34.9 Å². The molecule has 0 aliphatic heterocycles. The van der Waals surface area contributed by atoms with Crippen molar-refractivity contribution in [2.75, 3.05) is 26.1 Å². The highest BCUT2D eigenvalue weighted by Crippen LogP contribution is 2.42. The monoisotopic (exact) mass is 573 g/mol. The van der Waals surface area contributed by atoms with Gasteiger partial charge in [-0.25, -0.2) is 27.9 Å². The molecule has 0 spiro atoms. The lowest BCUT2D eigenvalue weighted by molar-refractivity contribution is 0.0949. The minimum atomic E-state index is -4.14. The quantitative estimate of drug-likeness (QED) is 0.279. The van der Waals surface area contributed by atoms with Crippen LogP contribution in [-0.2, 0) is 14.8 Å². The zero-order chi connectivity index (χ0) is 27.7. The number of methoxy groups -OCH3 is 3. The highest BCUT2D eigenvalue weighted by molar-refractivity contribution is 7.93. The molecule has 14 nitrogen and oxygen atoms in total. The minimum absolute atomic E-state index is 0.123. The summed E-state index contributed by atoms with van der Waals surface area (Å²) in [5.41, 5.74) is 2.01. The van der Waals surface area contributed by atoms with E-state index in [1.807, 2.05) is 12.3 Å². The molecular formula is C23H27N9O5S2. The average molecular weight is 574 g/mol. The van der Waals surface area contributed by atoms with Gasteiger partial charge in [0, 0.05) is 30.8 Å². The number of ether oxygens (including phenoxy) is 3. The van der Waals surface area contributed by atoms with Gasteiger partial charge in [-0.15, -0.1) is 21.5 Å². The molecule has 206 valence electrons. The average Bonchev–Trinajstić information content (AvgIpc) is 3.53. The van der Waals surface area contributed by atoms with Gasteiger partial charge in [-0.1, -0.05) is 0 Å². The highest BCUT2D eigenvalue weighted by atomic mass is 32.2. The van der Waals surface area contributed by atoms with Crippen molar-refractivity contribution in [3.05, 3.63) is 41.2 Å². The van der Waals surface area contributed by atoms with E-state index in [4.69, 9.17) is 19.2 Å². The van der Waals surface area contributed by atoms with Crippen LogP contribution in [0.15, 0.2) is 24.1 Å². The third-order valence-electron chi connectivity index (χ3n) is 6.20. The van der Waals surface area contributed by atoms with Crippen molar-refractivity contribution in [2.24, 2.45) is 0 Å². The van der Waals surface area contributed by atoms with Crippen molar-refractivity contribution >= 4 is 27.3 Å². The fourth-order valence-electron chi connectivity index (χ4n) is 3.93. The summed E-state index contributed by atoms with van der Waals surface area (Å²) in [6, 6.07) is 0. The first-order valence-electron chi connectivity index (χ1n) is 11.9. The molecule has 1 aliphatic carbocycles. The number of aryl methyl sites for hydroxylation is 1. The van der Waals surface area contributed by atoms with E-state index < -0.39 is 21.4 Å². The van der Waals surface area contributed by atoms with E-state index in [-0.39, 0.29) is 35.0 Å². The highest BCUT2D eigenvalue weighted by Gasteiger charge is 2.36. The number of hydrogen-bond acceptors (Lipinski definition) is 13. The van der Waals surface area contributed by atoms with E-state index in [0.717, 1.165) is 24.1 Å². The Morgan fingerprint density at radius 2 is 1.72 bits per heavy atom.